The summed E-state index contributed by atoms with van der Waals surface area (Å²) in [5.41, 5.74) is 2.02. The molecule has 1 unspecified atom stereocenters. The Morgan fingerprint density at radius 3 is 2.80 bits per heavy atom. The van der Waals surface area contributed by atoms with E-state index in [1.165, 1.54) is 4.90 Å². The van der Waals surface area contributed by atoms with E-state index in [4.69, 9.17) is 0 Å². The lowest BCUT2D eigenvalue weighted by Gasteiger charge is -2.33. The molecule has 1 heterocycles. The Labute approximate surface area is 126 Å². The molecule has 1 aliphatic heterocycles. The van der Waals surface area contributed by atoms with Gasteiger partial charge in [0, 0.05) is 11.0 Å². The first-order valence-electron chi connectivity index (χ1n) is 6.76. The zero-order valence-electron chi connectivity index (χ0n) is 11.4. The van der Waals surface area contributed by atoms with E-state index in [9.17, 15) is 14.7 Å². The standard InChI is InChI=1S/C15H18BrNO3/c1-10-5-6-11(8-12(10)16)9-14(18)17-7-3-2-4-13(17)15(19)20/h5-6,8,13H,2-4,7,9H2,1H3,(H,19,20). The molecule has 1 fully saturated rings. The molecule has 0 aliphatic carbocycles. The predicted molar refractivity (Wildman–Crippen MR) is 79.6 cm³/mol. The number of amides is 1. The zero-order valence-corrected chi connectivity index (χ0v) is 13.0. The van der Waals surface area contributed by atoms with Crippen LogP contribution in [0.1, 0.15) is 30.4 Å². The smallest absolute Gasteiger partial charge is 0.326 e. The number of carbonyl (C=O) groups excluding carboxylic acids is 1. The zero-order chi connectivity index (χ0) is 14.7. The van der Waals surface area contributed by atoms with Crippen LogP contribution in [0.15, 0.2) is 22.7 Å². The van der Waals surface area contributed by atoms with E-state index in [1.54, 1.807) is 0 Å². The molecule has 5 heteroatoms. The minimum Gasteiger partial charge on any atom is -0.480 e. The Bertz CT molecular complexity index is 530. The van der Waals surface area contributed by atoms with Crippen molar-refractivity contribution in [2.75, 3.05) is 6.54 Å². The molecule has 0 saturated carbocycles. The molecule has 20 heavy (non-hydrogen) atoms. The van der Waals surface area contributed by atoms with Crippen molar-refractivity contribution in [2.45, 2.75) is 38.6 Å². The highest BCUT2D eigenvalue weighted by Gasteiger charge is 2.31. The van der Waals surface area contributed by atoms with Crippen LogP contribution in [0, 0.1) is 6.92 Å². The lowest BCUT2D eigenvalue weighted by Crippen LogP contribution is -2.48. The first-order chi connectivity index (χ1) is 9.49. The van der Waals surface area contributed by atoms with E-state index in [-0.39, 0.29) is 12.3 Å². The quantitative estimate of drug-likeness (QED) is 0.921. The van der Waals surface area contributed by atoms with Crippen LogP contribution < -0.4 is 0 Å². The number of benzene rings is 1. The van der Waals surface area contributed by atoms with Crippen molar-refractivity contribution >= 4 is 27.8 Å². The van der Waals surface area contributed by atoms with Crippen LogP contribution in [0.25, 0.3) is 0 Å². The lowest BCUT2D eigenvalue weighted by atomic mass is 10.0. The molecule has 1 aromatic rings. The molecule has 1 aliphatic rings. The summed E-state index contributed by atoms with van der Waals surface area (Å²) in [7, 11) is 0. The molecular weight excluding hydrogens is 322 g/mol. The summed E-state index contributed by atoms with van der Waals surface area (Å²) in [5.74, 6) is -1.00. The maximum atomic E-state index is 12.3. The summed E-state index contributed by atoms with van der Waals surface area (Å²) in [6, 6.07) is 5.13. The van der Waals surface area contributed by atoms with Crippen LogP contribution in [0.2, 0.25) is 0 Å². The van der Waals surface area contributed by atoms with Crippen molar-refractivity contribution in [1.82, 2.24) is 4.90 Å². The largest absolute Gasteiger partial charge is 0.480 e. The molecule has 1 atom stereocenters. The molecule has 0 spiro atoms. The number of aryl methyl sites for hydroxylation is 1. The number of halogens is 1. The van der Waals surface area contributed by atoms with Crippen molar-refractivity contribution < 1.29 is 14.7 Å². The Hall–Kier alpha value is -1.36. The minimum absolute atomic E-state index is 0.104. The van der Waals surface area contributed by atoms with Crippen molar-refractivity contribution in [2.24, 2.45) is 0 Å². The topological polar surface area (TPSA) is 57.6 Å². The summed E-state index contributed by atoms with van der Waals surface area (Å²) in [5, 5.41) is 9.20. The fourth-order valence-corrected chi connectivity index (χ4v) is 2.94. The van der Waals surface area contributed by atoms with Gasteiger partial charge in [0.05, 0.1) is 6.42 Å². The SMILES string of the molecule is Cc1ccc(CC(=O)N2CCCCC2C(=O)O)cc1Br. The number of rotatable bonds is 3. The van der Waals surface area contributed by atoms with Crippen molar-refractivity contribution in [1.29, 1.82) is 0 Å². The van der Waals surface area contributed by atoms with Crippen molar-refractivity contribution in [3.05, 3.63) is 33.8 Å². The van der Waals surface area contributed by atoms with Gasteiger partial charge in [0.2, 0.25) is 5.91 Å². The van der Waals surface area contributed by atoms with Gasteiger partial charge in [-0.2, -0.15) is 0 Å². The third-order valence-electron chi connectivity index (χ3n) is 3.70. The summed E-state index contributed by atoms with van der Waals surface area (Å²) < 4.78 is 0.969. The Balaban J connectivity index is 2.09. The first kappa shape index (κ1) is 15.0. The normalized spacial score (nSPS) is 18.9. The number of piperidine rings is 1. The highest BCUT2D eigenvalue weighted by atomic mass is 79.9. The van der Waals surface area contributed by atoms with E-state index in [0.717, 1.165) is 28.4 Å². The molecule has 0 bridgehead atoms. The van der Waals surface area contributed by atoms with Crippen LogP contribution in [0.5, 0.6) is 0 Å². The molecule has 1 aromatic carbocycles. The number of carboxylic acid groups (broad SMARTS) is 1. The molecule has 4 nitrogen and oxygen atoms in total. The Morgan fingerprint density at radius 1 is 1.40 bits per heavy atom. The fraction of sp³-hybridized carbons (Fsp3) is 0.467. The molecule has 1 saturated heterocycles. The van der Waals surface area contributed by atoms with Gasteiger partial charge in [-0.25, -0.2) is 4.79 Å². The molecule has 0 radical (unpaired) electrons. The third kappa shape index (κ3) is 3.39. The van der Waals surface area contributed by atoms with E-state index in [0.29, 0.717) is 13.0 Å². The van der Waals surface area contributed by atoms with Gasteiger partial charge < -0.3 is 10.0 Å². The van der Waals surface area contributed by atoms with Crippen LogP contribution in [-0.4, -0.2) is 34.5 Å². The molecule has 1 N–H and O–H groups in total. The second-order valence-corrected chi connectivity index (χ2v) is 6.05. The van der Waals surface area contributed by atoms with Gasteiger partial charge in [-0.15, -0.1) is 0 Å². The summed E-state index contributed by atoms with van der Waals surface area (Å²) in [4.78, 5) is 25.1. The highest BCUT2D eigenvalue weighted by molar-refractivity contribution is 9.10. The van der Waals surface area contributed by atoms with Gasteiger partial charge in [-0.3, -0.25) is 4.79 Å². The average molecular weight is 340 g/mol. The van der Waals surface area contributed by atoms with Gasteiger partial charge in [-0.05, 0) is 43.4 Å². The predicted octanol–water partition coefficient (Wildman–Crippen LogP) is 2.77. The monoisotopic (exact) mass is 339 g/mol. The number of aliphatic carboxylic acids is 1. The second-order valence-electron chi connectivity index (χ2n) is 5.20. The lowest BCUT2D eigenvalue weighted by molar-refractivity contribution is -0.151. The molecule has 0 aromatic heterocycles. The summed E-state index contributed by atoms with van der Waals surface area (Å²) in [6.07, 6.45) is 2.56. The van der Waals surface area contributed by atoms with Gasteiger partial charge in [0.15, 0.2) is 0 Å². The van der Waals surface area contributed by atoms with Gasteiger partial charge >= 0.3 is 5.97 Å². The maximum absolute atomic E-state index is 12.3. The number of carboxylic acids is 1. The van der Waals surface area contributed by atoms with Gasteiger partial charge in [-0.1, -0.05) is 28.1 Å². The number of likely N-dealkylation sites (tertiary alicyclic amines) is 1. The van der Waals surface area contributed by atoms with Crippen LogP contribution >= 0.6 is 15.9 Å². The second kappa shape index (κ2) is 6.39. The van der Waals surface area contributed by atoms with E-state index in [1.807, 2.05) is 25.1 Å². The third-order valence-corrected chi connectivity index (χ3v) is 4.55. The maximum Gasteiger partial charge on any atom is 0.326 e. The first-order valence-corrected chi connectivity index (χ1v) is 7.55. The van der Waals surface area contributed by atoms with E-state index in [2.05, 4.69) is 15.9 Å². The molecule has 108 valence electrons. The van der Waals surface area contributed by atoms with Gasteiger partial charge in [0.25, 0.3) is 0 Å². The van der Waals surface area contributed by atoms with Gasteiger partial charge in [0.1, 0.15) is 6.04 Å². The van der Waals surface area contributed by atoms with Crippen LogP contribution in [0.4, 0.5) is 0 Å². The Morgan fingerprint density at radius 2 is 2.15 bits per heavy atom. The molecular formula is C15H18BrNO3. The molecule has 2 rings (SSSR count). The average Bonchev–Trinajstić information content (AvgIpc) is 2.43. The number of hydrogen-bond donors (Lipinski definition) is 1. The molecule has 1 amide bonds. The van der Waals surface area contributed by atoms with Crippen LogP contribution in [0.3, 0.4) is 0 Å². The summed E-state index contributed by atoms with van der Waals surface area (Å²) in [6.45, 7) is 2.53. The van der Waals surface area contributed by atoms with E-state index >= 15 is 0 Å². The highest BCUT2D eigenvalue weighted by Crippen LogP contribution is 2.21. The minimum atomic E-state index is -0.900. The van der Waals surface area contributed by atoms with E-state index < -0.39 is 12.0 Å². The Kier molecular flexibility index (Phi) is 4.81. The van der Waals surface area contributed by atoms with Crippen molar-refractivity contribution in [3.63, 3.8) is 0 Å². The number of hydrogen-bond acceptors (Lipinski definition) is 2. The van der Waals surface area contributed by atoms with Crippen LogP contribution in [-0.2, 0) is 16.0 Å². The fourth-order valence-electron chi connectivity index (χ4n) is 2.51. The number of carbonyl (C=O) groups is 2. The van der Waals surface area contributed by atoms with Crippen molar-refractivity contribution in [3.8, 4) is 0 Å². The number of nitrogens with zero attached hydrogens (tertiary/aromatic N) is 1. The summed E-state index contributed by atoms with van der Waals surface area (Å²) >= 11 is 3.45.